The number of nitrogens with zero attached hydrogens (tertiary/aromatic N) is 2. The molecule has 2 heterocycles. The molecule has 1 fully saturated rings. The SMILES string of the molecule is C[C@@H]1CNCCCCN1S(=O)(=O)c1ccc2cnccc2c1Br. The maximum atomic E-state index is 13.2. The summed E-state index contributed by atoms with van der Waals surface area (Å²) < 4.78 is 28.6. The predicted molar refractivity (Wildman–Crippen MR) is 94.9 cm³/mol. The van der Waals surface area contributed by atoms with Crippen molar-refractivity contribution in [1.29, 1.82) is 0 Å². The third-order valence-corrected chi connectivity index (χ3v) is 7.39. The quantitative estimate of drug-likeness (QED) is 0.845. The monoisotopic (exact) mass is 397 g/mol. The van der Waals surface area contributed by atoms with Gasteiger partial charge in [-0.15, -0.1) is 0 Å². The molecule has 5 nitrogen and oxygen atoms in total. The van der Waals surface area contributed by atoms with Crippen molar-refractivity contribution in [2.45, 2.75) is 30.7 Å². The molecular formula is C16H20BrN3O2S. The fraction of sp³-hybridized carbons (Fsp3) is 0.438. The lowest BCUT2D eigenvalue weighted by Gasteiger charge is -2.31. The van der Waals surface area contributed by atoms with Gasteiger partial charge < -0.3 is 5.32 Å². The summed E-state index contributed by atoms with van der Waals surface area (Å²) in [7, 11) is -3.55. The van der Waals surface area contributed by atoms with Crippen LogP contribution in [-0.4, -0.2) is 43.4 Å². The molecular weight excluding hydrogens is 378 g/mol. The van der Waals surface area contributed by atoms with Gasteiger partial charge in [0, 0.05) is 46.8 Å². The standard InChI is InChI=1S/C16H20BrN3O2S/c1-12-10-18-7-2-3-9-20(12)23(21,22)15-5-4-13-11-19-8-6-14(13)16(15)17/h4-6,8,11-12,18H,2-3,7,9-10H2,1H3/t12-/m1/s1. The Balaban J connectivity index is 2.06. The van der Waals surface area contributed by atoms with Crippen LogP contribution in [0.3, 0.4) is 0 Å². The summed E-state index contributed by atoms with van der Waals surface area (Å²) in [4.78, 5) is 4.40. The van der Waals surface area contributed by atoms with E-state index in [1.165, 1.54) is 0 Å². The number of rotatable bonds is 2. The fourth-order valence-corrected chi connectivity index (χ4v) is 5.80. The van der Waals surface area contributed by atoms with Crippen molar-refractivity contribution >= 4 is 36.7 Å². The summed E-state index contributed by atoms with van der Waals surface area (Å²) in [5.74, 6) is 0. The highest BCUT2D eigenvalue weighted by atomic mass is 79.9. The second-order valence-electron chi connectivity index (χ2n) is 5.85. The Morgan fingerprint density at radius 3 is 2.96 bits per heavy atom. The predicted octanol–water partition coefficient (Wildman–Crippen LogP) is 2.76. The zero-order valence-electron chi connectivity index (χ0n) is 13.0. The van der Waals surface area contributed by atoms with Gasteiger partial charge in [0.15, 0.2) is 0 Å². The van der Waals surface area contributed by atoms with Crippen LogP contribution in [0.5, 0.6) is 0 Å². The summed E-state index contributed by atoms with van der Waals surface area (Å²) in [5, 5.41) is 5.09. The Kier molecular flexibility index (Phi) is 5.01. The second-order valence-corrected chi connectivity index (χ2v) is 8.50. The molecule has 0 unspecified atom stereocenters. The molecule has 0 aliphatic carbocycles. The van der Waals surface area contributed by atoms with E-state index in [-0.39, 0.29) is 6.04 Å². The van der Waals surface area contributed by atoms with Gasteiger partial charge in [-0.25, -0.2) is 8.42 Å². The molecule has 0 amide bonds. The lowest BCUT2D eigenvalue weighted by molar-refractivity contribution is 0.301. The van der Waals surface area contributed by atoms with E-state index in [4.69, 9.17) is 0 Å². The Hall–Kier alpha value is -1.02. The molecule has 1 aromatic carbocycles. The molecule has 1 atom stereocenters. The van der Waals surface area contributed by atoms with Crippen LogP contribution < -0.4 is 5.32 Å². The van der Waals surface area contributed by atoms with Crippen LogP contribution >= 0.6 is 15.9 Å². The zero-order chi connectivity index (χ0) is 16.4. The van der Waals surface area contributed by atoms with Gasteiger partial charge in [-0.3, -0.25) is 4.98 Å². The smallest absolute Gasteiger partial charge is 0.244 e. The number of nitrogens with one attached hydrogen (secondary N) is 1. The minimum absolute atomic E-state index is 0.0691. The molecule has 2 aromatic rings. The molecule has 1 aliphatic heterocycles. The zero-order valence-corrected chi connectivity index (χ0v) is 15.4. The first-order valence-corrected chi connectivity index (χ1v) is 10.00. The minimum Gasteiger partial charge on any atom is -0.315 e. The van der Waals surface area contributed by atoms with E-state index < -0.39 is 10.0 Å². The van der Waals surface area contributed by atoms with E-state index in [1.807, 2.05) is 19.1 Å². The first-order valence-electron chi connectivity index (χ1n) is 7.76. The summed E-state index contributed by atoms with van der Waals surface area (Å²) >= 11 is 3.49. The van der Waals surface area contributed by atoms with Crippen LogP contribution in [0.2, 0.25) is 0 Å². The maximum Gasteiger partial charge on any atom is 0.244 e. The fourth-order valence-electron chi connectivity index (χ4n) is 2.94. The molecule has 124 valence electrons. The summed E-state index contributed by atoms with van der Waals surface area (Å²) in [6, 6.07) is 5.24. The van der Waals surface area contributed by atoms with Crippen LogP contribution in [0.4, 0.5) is 0 Å². The van der Waals surface area contributed by atoms with Gasteiger partial charge in [-0.2, -0.15) is 4.31 Å². The first kappa shape index (κ1) is 16.8. The van der Waals surface area contributed by atoms with Crippen molar-refractivity contribution in [3.05, 3.63) is 35.1 Å². The Morgan fingerprint density at radius 2 is 2.13 bits per heavy atom. The number of sulfonamides is 1. The highest BCUT2D eigenvalue weighted by Crippen LogP contribution is 2.32. The van der Waals surface area contributed by atoms with Crippen LogP contribution in [-0.2, 0) is 10.0 Å². The number of hydrogen-bond donors (Lipinski definition) is 1. The summed E-state index contributed by atoms with van der Waals surface area (Å²) in [5.41, 5.74) is 0. The van der Waals surface area contributed by atoms with Gasteiger partial charge in [-0.1, -0.05) is 6.07 Å². The van der Waals surface area contributed by atoms with Crippen molar-refractivity contribution in [3.63, 3.8) is 0 Å². The third-order valence-electron chi connectivity index (χ3n) is 4.22. The van der Waals surface area contributed by atoms with Gasteiger partial charge in [0.25, 0.3) is 0 Å². The lowest BCUT2D eigenvalue weighted by Crippen LogP contribution is -2.46. The normalized spacial score (nSPS) is 21.0. The number of halogens is 1. The number of hydrogen-bond acceptors (Lipinski definition) is 4. The molecule has 1 N–H and O–H groups in total. The van der Waals surface area contributed by atoms with Gasteiger partial charge in [0.05, 0.1) is 4.90 Å². The summed E-state index contributed by atoms with van der Waals surface area (Å²) in [6.45, 7) is 4.14. The molecule has 7 heteroatoms. The average Bonchev–Trinajstić information content (AvgIpc) is 2.51. The third kappa shape index (κ3) is 3.28. The molecule has 1 aliphatic rings. The maximum absolute atomic E-state index is 13.2. The Labute approximate surface area is 145 Å². The van der Waals surface area contributed by atoms with Gasteiger partial charge in [-0.05, 0) is 54.4 Å². The largest absolute Gasteiger partial charge is 0.315 e. The van der Waals surface area contributed by atoms with Crippen LogP contribution in [0.25, 0.3) is 10.8 Å². The van der Waals surface area contributed by atoms with E-state index in [2.05, 4.69) is 26.2 Å². The van der Waals surface area contributed by atoms with Gasteiger partial charge in [0.1, 0.15) is 0 Å². The summed E-state index contributed by atoms with van der Waals surface area (Å²) in [6.07, 6.45) is 5.26. The van der Waals surface area contributed by atoms with E-state index in [9.17, 15) is 8.42 Å². The van der Waals surface area contributed by atoms with Crippen molar-refractivity contribution in [2.24, 2.45) is 0 Å². The van der Waals surface area contributed by atoms with Crippen LogP contribution in [0.15, 0.2) is 40.0 Å². The number of fused-ring (bicyclic) bond motifs is 1. The number of pyridine rings is 1. The van der Waals surface area contributed by atoms with Crippen molar-refractivity contribution < 1.29 is 8.42 Å². The second kappa shape index (κ2) is 6.84. The first-order chi connectivity index (χ1) is 11.0. The molecule has 0 radical (unpaired) electrons. The topological polar surface area (TPSA) is 62.3 Å². The van der Waals surface area contributed by atoms with Crippen molar-refractivity contribution in [3.8, 4) is 0 Å². The van der Waals surface area contributed by atoms with Gasteiger partial charge in [0.2, 0.25) is 10.0 Å². The molecule has 0 bridgehead atoms. The number of benzene rings is 1. The lowest BCUT2D eigenvalue weighted by atomic mass is 10.2. The molecule has 1 saturated heterocycles. The minimum atomic E-state index is -3.55. The van der Waals surface area contributed by atoms with Crippen LogP contribution in [0, 0.1) is 0 Å². The molecule has 0 saturated carbocycles. The molecule has 23 heavy (non-hydrogen) atoms. The Morgan fingerprint density at radius 1 is 1.30 bits per heavy atom. The number of aromatic nitrogens is 1. The van der Waals surface area contributed by atoms with E-state index in [0.717, 1.165) is 30.2 Å². The van der Waals surface area contributed by atoms with Crippen molar-refractivity contribution in [2.75, 3.05) is 19.6 Å². The van der Waals surface area contributed by atoms with Crippen LogP contribution in [0.1, 0.15) is 19.8 Å². The molecule has 0 spiro atoms. The van der Waals surface area contributed by atoms with E-state index >= 15 is 0 Å². The van der Waals surface area contributed by atoms with Gasteiger partial charge >= 0.3 is 0 Å². The van der Waals surface area contributed by atoms with E-state index in [1.54, 1.807) is 22.8 Å². The average molecular weight is 398 g/mol. The highest BCUT2D eigenvalue weighted by molar-refractivity contribution is 9.10. The molecule has 1 aromatic heterocycles. The van der Waals surface area contributed by atoms with Crippen molar-refractivity contribution in [1.82, 2.24) is 14.6 Å². The Bertz CT molecular complexity index is 810. The highest BCUT2D eigenvalue weighted by Gasteiger charge is 2.31. The molecule has 3 rings (SSSR count). The van der Waals surface area contributed by atoms with E-state index in [0.29, 0.717) is 22.5 Å².